The Labute approximate surface area is 81.2 Å². The van der Waals surface area contributed by atoms with Gasteiger partial charge in [-0.2, -0.15) is 0 Å². The van der Waals surface area contributed by atoms with Crippen molar-refractivity contribution < 1.29 is 4.74 Å². The van der Waals surface area contributed by atoms with Crippen molar-refractivity contribution in [3.05, 3.63) is 46.6 Å². The zero-order valence-electron chi connectivity index (χ0n) is 6.96. The van der Waals surface area contributed by atoms with Gasteiger partial charge in [-0.1, -0.05) is 28.1 Å². The summed E-state index contributed by atoms with van der Waals surface area (Å²) in [5.74, 6) is 0. The molecule has 0 bridgehead atoms. The van der Waals surface area contributed by atoms with Gasteiger partial charge in [0.05, 0.1) is 13.4 Å². The maximum Gasteiger partial charge on any atom is 0.0788 e. The molecule has 1 aromatic carbocycles. The van der Waals surface area contributed by atoms with Crippen LogP contribution in [0, 0.1) is 0 Å². The molecule has 0 spiro atoms. The zero-order valence-corrected chi connectivity index (χ0v) is 8.54. The molecule has 64 valence electrons. The second-order valence-electron chi connectivity index (χ2n) is 2.44. The average Bonchev–Trinajstić information content (AvgIpc) is 2.09. The highest BCUT2D eigenvalue weighted by molar-refractivity contribution is 9.10. The molecule has 1 rings (SSSR count). The molecule has 0 N–H and O–H groups in total. The molecule has 0 saturated heterocycles. The quantitative estimate of drug-likeness (QED) is 0.720. The molecule has 12 heavy (non-hydrogen) atoms. The van der Waals surface area contributed by atoms with Crippen LogP contribution in [0.5, 0.6) is 0 Å². The Morgan fingerprint density at radius 1 is 1.33 bits per heavy atom. The molecule has 0 aromatic heterocycles. The minimum atomic E-state index is 0.918. The lowest BCUT2D eigenvalue weighted by molar-refractivity contribution is 0.337. The summed E-state index contributed by atoms with van der Waals surface area (Å²) in [6, 6.07) is 8.25. The predicted octanol–water partition coefficient (Wildman–Crippen LogP) is 3.15. The topological polar surface area (TPSA) is 9.23 Å². The van der Waals surface area contributed by atoms with Crippen molar-refractivity contribution in [2.75, 3.05) is 7.11 Å². The molecule has 0 aliphatic carbocycles. The fourth-order valence-corrected chi connectivity index (χ4v) is 1.17. The lowest BCUT2D eigenvalue weighted by Crippen LogP contribution is -1.79. The molecule has 0 radical (unpaired) electrons. The van der Waals surface area contributed by atoms with Crippen molar-refractivity contribution in [1.29, 1.82) is 0 Å². The summed E-state index contributed by atoms with van der Waals surface area (Å²) >= 11 is 3.38. The number of methoxy groups -OCH3 is 1. The smallest absolute Gasteiger partial charge is 0.0788 e. The van der Waals surface area contributed by atoms with Crippen molar-refractivity contribution in [1.82, 2.24) is 0 Å². The van der Waals surface area contributed by atoms with Crippen LogP contribution in [0.2, 0.25) is 0 Å². The van der Waals surface area contributed by atoms with Crippen LogP contribution in [-0.2, 0) is 11.2 Å². The first kappa shape index (κ1) is 9.33. The number of benzene rings is 1. The molecule has 0 saturated carbocycles. The average molecular weight is 227 g/mol. The first-order valence-electron chi connectivity index (χ1n) is 3.75. The molecule has 0 atom stereocenters. The van der Waals surface area contributed by atoms with E-state index in [1.807, 2.05) is 18.2 Å². The van der Waals surface area contributed by atoms with E-state index in [0.29, 0.717) is 0 Å². The van der Waals surface area contributed by atoms with E-state index < -0.39 is 0 Å². The Bertz CT molecular complexity index is 251. The number of hydrogen-bond donors (Lipinski definition) is 0. The van der Waals surface area contributed by atoms with E-state index in [1.165, 1.54) is 5.56 Å². The second kappa shape index (κ2) is 4.99. The minimum Gasteiger partial charge on any atom is -0.505 e. The van der Waals surface area contributed by atoms with Crippen LogP contribution >= 0.6 is 15.9 Å². The van der Waals surface area contributed by atoms with Crippen molar-refractivity contribution in [2.24, 2.45) is 0 Å². The van der Waals surface area contributed by atoms with Gasteiger partial charge in [0.25, 0.3) is 0 Å². The summed E-state index contributed by atoms with van der Waals surface area (Å²) in [7, 11) is 1.65. The first-order chi connectivity index (χ1) is 5.83. The molecular formula is C10H11BrO. The fourth-order valence-electron chi connectivity index (χ4n) is 0.901. The first-order valence-corrected chi connectivity index (χ1v) is 4.54. The van der Waals surface area contributed by atoms with Crippen molar-refractivity contribution in [2.45, 2.75) is 6.42 Å². The van der Waals surface area contributed by atoms with Gasteiger partial charge in [0.2, 0.25) is 0 Å². The zero-order chi connectivity index (χ0) is 8.81. The molecule has 0 heterocycles. The Morgan fingerprint density at radius 3 is 2.58 bits per heavy atom. The van der Waals surface area contributed by atoms with Crippen LogP contribution in [0.1, 0.15) is 5.56 Å². The summed E-state index contributed by atoms with van der Waals surface area (Å²) in [5, 5.41) is 0. The van der Waals surface area contributed by atoms with Crippen molar-refractivity contribution in [3.8, 4) is 0 Å². The number of hydrogen-bond acceptors (Lipinski definition) is 1. The number of allylic oxidation sites excluding steroid dienone is 1. The Morgan fingerprint density at radius 2 is 2.00 bits per heavy atom. The number of halogens is 1. The molecule has 0 aliphatic heterocycles. The maximum absolute atomic E-state index is 4.80. The third-order valence-electron chi connectivity index (χ3n) is 1.50. The second-order valence-corrected chi connectivity index (χ2v) is 3.35. The highest BCUT2D eigenvalue weighted by Crippen LogP contribution is 2.10. The summed E-state index contributed by atoms with van der Waals surface area (Å²) in [6.07, 6.45) is 4.60. The van der Waals surface area contributed by atoms with Crippen molar-refractivity contribution in [3.63, 3.8) is 0 Å². The van der Waals surface area contributed by atoms with E-state index >= 15 is 0 Å². The molecular weight excluding hydrogens is 216 g/mol. The van der Waals surface area contributed by atoms with Crippen LogP contribution < -0.4 is 0 Å². The lowest BCUT2D eigenvalue weighted by Gasteiger charge is -1.95. The summed E-state index contributed by atoms with van der Waals surface area (Å²) in [4.78, 5) is 0. The number of rotatable bonds is 3. The van der Waals surface area contributed by atoms with Gasteiger partial charge in [-0.3, -0.25) is 0 Å². The van der Waals surface area contributed by atoms with E-state index in [4.69, 9.17) is 4.74 Å². The molecule has 0 fully saturated rings. The standard InChI is InChI=1S/C10H11BrO/c1-12-8-2-3-9-4-6-10(11)7-5-9/h2,4-8H,3H2,1H3/b8-2+. The highest BCUT2D eigenvalue weighted by atomic mass is 79.9. The van der Waals surface area contributed by atoms with Gasteiger partial charge in [-0.15, -0.1) is 0 Å². The van der Waals surface area contributed by atoms with Crippen LogP contribution in [0.25, 0.3) is 0 Å². The third-order valence-corrected chi connectivity index (χ3v) is 2.03. The van der Waals surface area contributed by atoms with Crippen LogP contribution in [0.3, 0.4) is 0 Å². The van der Waals surface area contributed by atoms with Crippen molar-refractivity contribution >= 4 is 15.9 Å². The lowest BCUT2D eigenvalue weighted by atomic mass is 10.2. The van der Waals surface area contributed by atoms with Gasteiger partial charge in [0.1, 0.15) is 0 Å². The summed E-state index contributed by atoms with van der Waals surface area (Å²) in [6.45, 7) is 0. The van der Waals surface area contributed by atoms with E-state index in [0.717, 1.165) is 10.9 Å². The Balaban J connectivity index is 2.53. The predicted molar refractivity (Wildman–Crippen MR) is 54.0 cm³/mol. The molecule has 2 heteroatoms. The van der Waals surface area contributed by atoms with Crippen LogP contribution in [0.4, 0.5) is 0 Å². The van der Waals surface area contributed by atoms with Gasteiger partial charge < -0.3 is 4.74 Å². The Kier molecular flexibility index (Phi) is 3.88. The molecule has 1 aromatic rings. The van der Waals surface area contributed by atoms with E-state index in [9.17, 15) is 0 Å². The molecule has 0 unspecified atom stereocenters. The molecule has 0 amide bonds. The van der Waals surface area contributed by atoms with E-state index in [2.05, 4.69) is 28.1 Å². The molecule has 1 nitrogen and oxygen atoms in total. The summed E-state index contributed by atoms with van der Waals surface area (Å²) in [5.41, 5.74) is 1.28. The largest absolute Gasteiger partial charge is 0.505 e. The SMILES string of the molecule is CO/C=C/Cc1ccc(Br)cc1. The van der Waals surface area contributed by atoms with Crippen LogP contribution in [0.15, 0.2) is 41.1 Å². The van der Waals surface area contributed by atoms with Gasteiger partial charge in [0.15, 0.2) is 0 Å². The monoisotopic (exact) mass is 226 g/mol. The Hall–Kier alpha value is -0.760. The highest BCUT2D eigenvalue weighted by Gasteiger charge is 1.88. The van der Waals surface area contributed by atoms with E-state index in [-0.39, 0.29) is 0 Å². The van der Waals surface area contributed by atoms with Gasteiger partial charge in [-0.25, -0.2) is 0 Å². The van der Waals surface area contributed by atoms with Gasteiger partial charge in [-0.05, 0) is 30.2 Å². The van der Waals surface area contributed by atoms with E-state index in [1.54, 1.807) is 13.4 Å². The van der Waals surface area contributed by atoms with Crippen LogP contribution in [-0.4, -0.2) is 7.11 Å². The van der Waals surface area contributed by atoms with Gasteiger partial charge in [0, 0.05) is 4.47 Å². The summed E-state index contributed by atoms with van der Waals surface area (Å²) < 4.78 is 5.91. The molecule has 0 aliphatic rings. The van der Waals surface area contributed by atoms with Gasteiger partial charge >= 0.3 is 0 Å². The third kappa shape index (κ3) is 3.09. The maximum atomic E-state index is 4.80. The number of ether oxygens (including phenoxy) is 1. The minimum absolute atomic E-state index is 0.918. The normalized spacial score (nSPS) is 10.5. The fraction of sp³-hybridized carbons (Fsp3) is 0.200.